The van der Waals surface area contributed by atoms with Gasteiger partial charge in [-0.1, -0.05) is 19.1 Å². The molecule has 0 aliphatic rings. The highest BCUT2D eigenvalue weighted by Gasteiger charge is 2.11. The number of rotatable bonds is 7. The zero-order valence-electron chi connectivity index (χ0n) is 11.8. The van der Waals surface area contributed by atoms with E-state index in [0.29, 0.717) is 12.0 Å². The third kappa shape index (κ3) is 5.39. The van der Waals surface area contributed by atoms with Crippen molar-refractivity contribution in [2.24, 2.45) is 5.92 Å². The molecule has 1 rings (SSSR count). The van der Waals surface area contributed by atoms with Crippen LogP contribution in [0.15, 0.2) is 18.2 Å². The van der Waals surface area contributed by atoms with Crippen molar-refractivity contribution in [3.05, 3.63) is 35.1 Å². The number of hydrogen-bond donors (Lipinski definition) is 1. The predicted molar refractivity (Wildman–Crippen MR) is 73.8 cm³/mol. The van der Waals surface area contributed by atoms with E-state index in [1.807, 2.05) is 13.1 Å². The molecule has 106 valence electrons. The maximum absolute atomic E-state index is 13.1. The van der Waals surface area contributed by atoms with Crippen molar-refractivity contribution in [2.75, 3.05) is 20.1 Å². The molecule has 0 aliphatic heterocycles. The van der Waals surface area contributed by atoms with Gasteiger partial charge in [-0.3, -0.25) is 4.79 Å². The third-order valence-corrected chi connectivity index (χ3v) is 3.37. The maximum atomic E-state index is 13.1. The number of carbonyl (C=O) groups is 1. The summed E-state index contributed by atoms with van der Waals surface area (Å²) in [6.07, 6.45) is 1.49. The van der Waals surface area contributed by atoms with E-state index in [2.05, 4.69) is 4.90 Å². The van der Waals surface area contributed by atoms with Crippen LogP contribution in [0.3, 0.4) is 0 Å². The highest BCUT2D eigenvalue weighted by molar-refractivity contribution is 5.69. The van der Waals surface area contributed by atoms with E-state index in [-0.39, 0.29) is 11.7 Å². The number of nitrogens with zero attached hydrogens (tertiary/aromatic N) is 1. The Kier molecular flexibility index (Phi) is 5.96. The number of benzene rings is 1. The Morgan fingerprint density at radius 1 is 1.42 bits per heavy atom. The van der Waals surface area contributed by atoms with Crippen LogP contribution in [0.4, 0.5) is 4.39 Å². The second-order valence-corrected chi connectivity index (χ2v) is 5.16. The molecule has 1 aromatic rings. The van der Waals surface area contributed by atoms with Crippen molar-refractivity contribution in [2.45, 2.75) is 26.7 Å². The summed E-state index contributed by atoms with van der Waals surface area (Å²) in [5.41, 5.74) is 1.77. The Balaban J connectivity index is 2.35. The lowest BCUT2D eigenvalue weighted by atomic mass is 10.1. The van der Waals surface area contributed by atoms with E-state index in [1.54, 1.807) is 19.9 Å². The lowest BCUT2D eigenvalue weighted by Crippen LogP contribution is -2.25. The minimum atomic E-state index is -0.748. The molecule has 0 spiro atoms. The molecule has 19 heavy (non-hydrogen) atoms. The topological polar surface area (TPSA) is 40.5 Å². The number of carboxylic acids is 1. The van der Waals surface area contributed by atoms with Gasteiger partial charge < -0.3 is 10.0 Å². The Morgan fingerprint density at radius 2 is 2.11 bits per heavy atom. The van der Waals surface area contributed by atoms with Gasteiger partial charge in [0.2, 0.25) is 0 Å². The van der Waals surface area contributed by atoms with Crippen molar-refractivity contribution in [3.8, 4) is 0 Å². The van der Waals surface area contributed by atoms with Gasteiger partial charge in [0, 0.05) is 6.54 Å². The second kappa shape index (κ2) is 7.24. The van der Waals surface area contributed by atoms with Gasteiger partial charge in [0.1, 0.15) is 5.82 Å². The van der Waals surface area contributed by atoms with E-state index >= 15 is 0 Å². The molecule has 3 nitrogen and oxygen atoms in total. The summed E-state index contributed by atoms with van der Waals surface area (Å²) in [6.45, 7) is 5.08. The SMILES string of the molecule is Cc1cc(CCN(C)CCC(C)C(=O)O)ccc1F. The molecule has 0 saturated carbocycles. The molecule has 4 heteroatoms. The molecule has 0 radical (unpaired) electrons. The van der Waals surface area contributed by atoms with E-state index in [1.165, 1.54) is 6.07 Å². The molecular formula is C15H22FNO2. The van der Waals surface area contributed by atoms with Crippen LogP contribution in [0, 0.1) is 18.7 Å². The van der Waals surface area contributed by atoms with Gasteiger partial charge in [0.05, 0.1) is 5.92 Å². The number of likely N-dealkylation sites (N-methyl/N-ethyl adjacent to an activating group) is 1. The molecule has 1 N–H and O–H groups in total. The zero-order chi connectivity index (χ0) is 14.4. The summed E-state index contributed by atoms with van der Waals surface area (Å²) in [7, 11) is 1.98. The quantitative estimate of drug-likeness (QED) is 0.825. The summed E-state index contributed by atoms with van der Waals surface area (Å²) in [5, 5.41) is 8.81. The van der Waals surface area contributed by atoms with Crippen LogP contribution in [0.1, 0.15) is 24.5 Å². The molecule has 0 aliphatic carbocycles. The van der Waals surface area contributed by atoms with Crippen LogP contribution in [0.25, 0.3) is 0 Å². The Morgan fingerprint density at radius 3 is 2.68 bits per heavy atom. The average Bonchev–Trinajstić information content (AvgIpc) is 2.37. The van der Waals surface area contributed by atoms with Crippen LogP contribution < -0.4 is 0 Å². The Hall–Kier alpha value is -1.42. The number of carboxylic acid groups (broad SMARTS) is 1. The number of halogens is 1. The van der Waals surface area contributed by atoms with Gasteiger partial charge in [-0.2, -0.15) is 0 Å². The molecular weight excluding hydrogens is 245 g/mol. The fraction of sp³-hybridized carbons (Fsp3) is 0.533. The summed E-state index contributed by atoms with van der Waals surface area (Å²) in [6, 6.07) is 5.16. The standard InChI is InChI=1S/C15H22FNO2/c1-11(15(18)19)6-8-17(3)9-7-13-4-5-14(16)12(2)10-13/h4-5,10-11H,6-9H2,1-3H3,(H,18,19). The predicted octanol–water partition coefficient (Wildman–Crippen LogP) is 2.72. The van der Waals surface area contributed by atoms with E-state index in [9.17, 15) is 9.18 Å². The lowest BCUT2D eigenvalue weighted by molar-refractivity contribution is -0.141. The second-order valence-electron chi connectivity index (χ2n) is 5.16. The third-order valence-electron chi connectivity index (χ3n) is 3.37. The van der Waals surface area contributed by atoms with Crippen molar-refractivity contribution in [1.82, 2.24) is 4.90 Å². The van der Waals surface area contributed by atoms with Crippen molar-refractivity contribution in [3.63, 3.8) is 0 Å². The van der Waals surface area contributed by atoms with E-state index in [4.69, 9.17) is 5.11 Å². The van der Waals surface area contributed by atoms with Crippen molar-refractivity contribution < 1.29 is 14.3 Å². The van der Waals surface area contributed by atoms with Gasteiger partial charge in [-0.15, -0.1) is 0 Å². The summed E-state index contributed by atoms with van der Waals surface area (Å²) in [5.74, 6) is -1.23. The van der Waals surface area contributed by atoms with Crippen LogP contribution in [0.5, 0.6) is 0 Å². The number of hydrogen-bond acceptors (Lipinski definition) is 2. The molecule has 1 atom stereocenters. The fourth-order valence-corrected chi connectivity index (χ4v) is 1.83. The van der Waals surface area contributed by atoms with Gasteiger partial charge >= 0.3 is 5.97 Å². The molecule has 1 unspecified atom stereocenters. The highest BCUT2D eigenvalue weighted by Crippen LogP contribution is 2.10. The highest BCUT2D eigenvalue weighted by atomic mass is 19.1. The molecule has 1 aromatic carbocycles. The van der Waals surface area contributed by atoms with Gasteiger partial charge in [0.15, 0.2) is 0 Å². The molecule has 0 amide bonds. The summed E-state index contributed by atoms with van der Waals surface area (Å²) in [4.78, 5) is 12.8. The van der Waals surface area contributed by atoms with Crippen LogP contribution in [-0.4, -0.2) is 36.1 Å². The first kappa shape index (κ1) is 15.6. The Bertz CT molecular complexity index is 434. The van der Waals surface area contributed by atoms with Crippen LogP contribution in [-0.2, 0) is 11.2 Å². The molecule has 0 fully saturated rings. The number of aliphatic carboxylic acids is 1. The van der Waals surface area contributed by atoms with Gasteiger partial charge in [-0.05, 0) is 50.6 Å². The first-order valence-corrected chi connectivity index (χ1v) is 6.56. The summed E-state index contributed by atoms with van der Waals surface area (Å²) >= 11 is 0. The first-order chi connectivity index (χ1) is 8.90. The Labute approximate surface area is 114 Å². The van der Waals surface area contributed by atoms with Gasteiger partial charge in [0.25, 0.3) is 0 Å². The van der Waals surface area contributed by atoms with E-state index < -0.39 is 5.97 Å². The van der Waals surface area contributed by atoms with E-state index in [0.717, 1.165) is 25.1 Å². The zero-order valence-corrected chi connectivity index (χ0v) is 11.8. The monoisotopic (exact) mass is 267 g/mol. The molecule has 0 bridgehead atoms. The summed E-state index contributed by atoms with van der Waals surface area (Å²) < 4.78 is 13.1. The maximum Gasteiger partial charge on any atom is 0.306 e. The minimum Gasteiger partial charge on any atom is -0.481 e. The lowest BCUT2D eigenvalue weighted by Gasteiger charge is -2.18. The largest absolute Gasteiger partial charge is 0.481 e. The smallest absolute Gasteiger partial charge is 0.306 e. The minimum absolute atomic E-state index is 0.174. The molecule has 0 heterocycles. The van der Waals surface area contributed by atoms with Crippen molar-refractivity contribution >= 4 is 5.97 Å². The molecule has 0 aromatic heterocycles. The average molecular weight is 267 g/mol. The van der Waals surface area contributed by atoms with Crippen LogP contribution >= 0.6 is 0 Å². The first-order valence-electron chi connectivity index (χ1n) is 6.56. The molecule has 0 saturated heterocycles. The normalized spacial score (nSPS) is 12.7. The number of aryl methyl sites for hydroxylation is 1. The van der Waals surface area contributed by atoms with Crippen LogP contribution in [0.2, 0.25) is 0 Å². The van der Waals surface area contributed by atoms with Gasteiger partial charge in [-0.25, -0.2) is 4.39 Å². The fourth-order valence-electron chi connectivity index (χ4n) is 1.83. The van der Waals surface area contributed by atoms with Crippen molar-refractivity contribution in [1.29, 1.82) is 0 Å².